The Labute approximate surface area is 111 Å². The third-order valence-corrected chi connectivity index (χ3v) is 3.87. The van der Waals surface area contributed by atoms with E-state index in [0.29, 0.717) is 0 Å². The summed E-state index contributed by atoms with van der Waals surface area (Å²) in [5.74, 6) is 0. The van der Waals surface area contributed by atoms with E-state index in [1.54, 1.807) is 11.8 Å². The number of hydrogen-bond donors (Lipinski definition) is 1. The molecule has 0 saturated heterocycles. The summed E-state index contributed by atoms with van der Waals surface area (Å²) in [6.07, 6.45) is 0.984. The Bertz CT molecular complexity index is 508. The molecule has 17 heavy (non-hydrogen) atoms. The maximum atomic E-state index is 5.99. The molecule has 0 fully saturated rings. The molecule has 0 radical (unpaired) electrons. The number of rotatable bonds is 3. The predicted octanol–water partition coefficient (Wildman–Crippen LogP) is 4.64. The molecule has 88 valence electrons. The van der Waals surface area contributed by atoms with Gasteiger partial charge in [0.15, 0.2) is 0 Å². The maximum Gasteiger partial charge on any atom is 0.0409 e. The van der Waals surface area contributed by atoms with Crippen LogP contribution in [0.25, 0.3) is 0 Å². The first kappa shape index (κ1) is 12.3. The van der Waals surface area contributed by atoms with Crippen molar-refractivity contribution < 1.29 is 0 Å². The van der Waals surface area contributed by atoms with Crippen molar-refractivity contribution in [2.75, 3.05) is 5.73 Å². The zero-order valence-corrected chi connectivity index (χ0v) is 11.2. The van der Waals surface area contributed by atoms with E-state index in [2.05, 4.69) is 13.0 Å². The van der Waals surface area contributed by atoms with Gasteiger partial charge in [-0.2, -0.15) is 0 Å². The lowest BCUT2D eigenvalue weighted by Crippen LogP contribution is -1.86. The van der Waals surface area contributed by atoms with Gasteiger partial charge >= 0.3 is 0 Å². The van der Waals surface area contributed by atoms with Crippen molar-refractivity contribution in [3.05, 3.63) is 53.1 Å². The summed E-state index contributed by atoms with van der Waals surface area (Å²) >= 11 is 7.74. The van der Waals surface area contributed by atoms with Gasteiger partial charge in [-0.1, -0.05) is 30.3 Å². The molecule has 0 aliphatic carbocycles. The average Bonchev–Trinajstić information content (AvgIpc) is 2.34. The number of hydrogen-bond acceptors (Lipinski definition) is 2. The summed E-state index contributed by atoms with van der Waals surface area (Å²) < 4.78 is 0. The van der Waals surface area contributed by atoms with Crippen molar-refractivity contribution in [1.82, 2.24) is 0 Å². The molecule has 0 bridgehead atoms. The smallest absolute Gasteiger partial charge is 0.0409 e. The van der Waals surface area contributed by atoms with E-state index in [9.17, 15) is 0 Å². The highest BCUT2D eigenvalue weighted by Gasteiger charge is 2.04. The van der Waals surface area contributed by atoms with Crippen molar-refractivity contribution in [3.63, 3.8) is 0 Å². The fourth-order valence-corrected chi connectivity index (χ4v) is 2.78. The summed E-state index contributed by atoms with van der Waals surface area (Å²) in [5.41, 5.74) is 7.74. The quantitative estimate of drug-likeness (QED) is 0.817. The monoisotopic (exact) mass is 263 g/mol. The highest BCUT2D eigenvalue weighted by molar-refractivity contribution is 7.99. The molecule has 2 aromatic carbocycles. The molecule has 2 N–H and O–H groups in total. The number of benzene rings is 2. The van der Waals surface area contributed by atoms with Gasteiger partial charge in [-0.15, -0.1) is 0 Å². The minimum atomic E-state index is 0.793. The summed E-state index contributed by atoms with van der Waals surface area (Å²) in [6, 6.07) is 13.9. The SMILES string of the molecule is CCc1cc(Cl)ccc1Sc1ccc(N)cc1. The molecule has 0 heterocycles. The summed E-state index contributed by atoms with van der Waals surface area (Å²) in [7, 11) is 0. The largest absolute Gasteiger partial charge is 0.399 e. The Morgan fingerprint density at radius 1 is 1.12 bits per heavy atom. The predicted molar refractivity (Wildman–Crippen MR) is 75.8 cm³/mol. The zero-order valence-electron chi connectivity index (χ0n) is 9.61. The Morgan fingerprint density at radius 2 is 1.82 bits per heavy atom. The fraction of sp³-hybridized carbons (Fsp3) is 0.143. The molecule has 3 heteroatoms. The summed E-state index contributed by atoms with van der Waals surface area (Å²) in [5, 5.41) is 0.795. The second-order valence-corrected chi connectivity index (χ2v) is 5.33. The van der Waals surface area contributed by atoms with Gasteiger partial charge in [0, 0.05) is 20.5 Å². The van der Waals surface area contributed by atoms with E-state index < -0.39 is 0 Å². The van der Waals surface area contributed by atoms with E-state index in [1.807, 2.05) is 36.4 Å². The highest BCUT2D eigenvalue weighted by atomic mass is 35.5. The fourth-order valence-electron chi connectivity index (χ4n) is 1.59. The van der Waals surface area contributed by atoms with Gasteiger partial charge in [0.1, 0.15) is 0 Å². The molecule has 2 rings (SSSR count). The standard InChI is InChI=1S/C14H14ClNS/c1-2-10-9-11(15)3-8-14(10)17-13-6-4-12(16)5-7-13/h3-9H,2,16H2,1H3. The molecule has 0 aliphatic rings. The van der Waals surface area contributed by atoms with E-state index in [1.165, 1.54) is 15.4 Å². The number of anilines is 1. The number of nitrogen functional groups attached to an aromatic ring is 1. The molecule has 2 aromatic rings. The van der Waals surface area contributed by atoms with Gasteiger partial charge in [-0.05, 0) is 54.4 Å². The van der Waals surface area contributed by atoms with Crippen LogP contribution in [0.4, 0.5) is 5.69 Å². The lowest BCUT2D eigenvalue weighted by Gasteiger charge is -2.08. The van der Waals surface area contributed by atoms with Gasteiger partial charge in [0.05, 0.1) is 0 Å². The van der Waals surface area contributed by atoms with Gasteiger partial charge in [0.2, 0.25) is 0 Å². The van der Waals surface area contributed by atoms with E-state index in [0.717, 1.165) is 17.1 Å². The van der Waals surface area contributed by atoms with Crippen LogP contribution >= 0.6 is 23.4 Å². The Kier molecular flexibility index (Phi) is 3.97. The van der Waals surface area contributed by atoms with Gasteiger partial charge in [0.25, 0.3) is 0 Å². The Hall–Kier alpha value is -1.12. The zero-order chi connectivity index (χ0) is 12.3. The lowest BCUT2D eigenvalue weighted by atomic mass is 10.2. The molecular weight excluding hydrogens is 250 g/mol. The molecule has 0 spiro atoms. The van der Waals surface area contributed by atoms with Crippen molar-refractivity contribution in [1.29, 1.82) is 0 Å². The minimum Gasteiger partial charge on any atom is -0.399 e. The first-order chi connectivity index (χ1) is 8.19. The molecule has 0 aromatic heterocycles. The lowest BCUT2D eigenvalue weighted by molar-refractivity contribution is 1.08. The first-order valence-corrected chi connectivity index (χ1v) is 6.70. The topological polar surface area (TPSA) is 26.0 Å². The van der Waals surface area contributed by atoms with Crippen LogP contribution in [0.15, 0.2) is 52.3 Å². The van der Waals surface area contributed by atoms with E-state index in [-0.39, 0.29) is 0 Å². The van der Waals surface area contributed by atoms with Crippen molar-refractivity contribution in [2.24, 2.45) is 0 Å². The first-order valence-electron chi connectivity index (χ1n) is 5.51. The van der Waals surface area contributed by atoms with Crippen LogP contribution < -0.4 is 5.73 Å². The van der Waals surface area contributed by atoms with Crippen LogP contribution in [0.5, 0.6) is 0 Å². The van der Waals surface area contributed by atoms with Crippen LogP contribution in [0.1, 0.15) is 12.5 Å². The Balaban J connectivity index is 2.26. The summed E-state index contributed by atoms with van der Waals surface area (Å²) in [4.78, 5) is 2.44. The normalized spacial score (nSPS) is 10.5. The van der Waals surface area contributed by atoms with Crippen molar-refractivity contribution >= 4 is 29.1 Å². The molecule has 0 atom stereocenters. The maximum absolute atomic E-state index is 5.99. The molecule has 1 nitrogen and oxygen atoms in total. The third-order valence-electron chi connectivity index (χ3n) is 2.51. The third kappa shape index (κ3) is 3.18. The number of aryl methyl sites for hydroxylation is 1. The van der Waals surface area contributed by atoms with Crippen LogP contribution in [-0.2, 0) is 6.42 Å². The van der Waals surface area contributed by atoms with Crippen molar-refractivity contribution in [2.45, 2.75) is 23.1 Å². The van der Waals surface area contributed by atoms with Crippen LogP contribution in [0, 0.1) is 0 Å². The molecule has 0 amide bonds. The van der Waals surface area contributed by atoms with E-state index in [4.69, 9.17) is 17.3 Å². The van der Waals surface area contributed by atoms with Gasteiger partial charge in [-0.25, -0.2) is 0 Å². The molecule has 0 unspecified atom stereocenters. The van der Waals surface area contributed by atoms with Crippen LogP contribution in [0.3, 0.4) is 0 Å². The van der Waals surface area contributed by atoms with Crippen LogP contribution in [0.2, 0.25) is 5.02 Å². The second kappa shape index (κ2) is 5.48. The molecule has 0 saturated carbocycles. The minimum absolute atomic E-state index is 0.793. The van der Waals surface area contributed by atoms with Crippen molar-refractivity contribution in [3.8, 4) is 0 Å². The van der Waals surface area contributed by atoms with E-state index >= 15 is 0 Å². The number of nitrogens with two attached hydrogens (primary N) is 1. The number of halogens is 1. The average molecular weight is 264 g/mol. The summed E-state index contributed by atoms with van der Waals surface area (Å²) in [6.45, 7) is 2.14. The molecular formula is C14H14ClNS. The second-order valence-electron chi connectivity index (χ2n) is 3.78. The van der Waals surface area contributed by atoms with Crippen LogP contribution in [-0.4, -0.2) is 0 Å². The van der Waals surface area contributed by atoms with Gasteiger partial charge < -0.3 is 5.73 Å². The van der Waals surface area contributed by atoms with Gasteiger partial charge in [-0.3, -0.25) is 0 Å². The Morgan fingerprint density at radius 3 is 2.47 bits per heavy atom. The molecule has 0 aliphatic heterocycles. The highest BCUT2D eigenvalue weighted by Crippen LogP contribution is 2.32.